The number of carbonyl (C=O) groups excluding carboxylic acids is 3. The van der Waals surface area contributed by atoms with Gasteiger partial charge in [0.1, 0.15) is 6.04 Å². The number of rotatable bonds is 2. The summed E-state index contributed by atoms with van der Waals surface area (Å²) in [5, 5.41) is 2.28. The first kappa shape index (κ1) is 13.3. The van der Waals surface area contributed by atoms with Crippen LogP contribution in [0.3, 0.4) is 0 Å². The van der Waals surface area contributed by atoms with Crippen LogP contribution in [0.4, 0.5) is 5.69 Å². The highest BCUT2D eigenvalue weighted by Gasteiger charge is 2.34. The molecule has 1 aliphatic heterocycles. The Bertz CT molecular complexity index is 539. The number of nitrogens with zero attached hydrogens (tertiary/aromatic N) is 1. The van der Waals surface area contributed by atoms with Crippen LogP contribution in [0.5, 0.6) is 0 Å². The van der Waals surface area contributed by atoms with Crippen LogP contribution in [-0.2, 0) is 14.4 Å². The number of nitrogens with one attached hydrogen (secondary N) is 1. The number of benzene rings is 1. The van der Waals surface area contributed by atoms with Gasteiger partial charge in [-0.3, -0.25) is 24.6 Å². The maximum Gasteiger partial charge on any atom is 0.249 e. The Balaban J connectivity index is 2.36. The fraction of sp³-hybridized carbons (Fsp3) is 0.357. The van der Waals surface area contributed by atoms with Crippen molar-refractivity contribution in [3.05, 3.63) is 29.8 Å². The zero-order valence-corrected chi connectivity index (χ0v) is 11.0. The molecule has 0 bridgehead atoms. The molecular formula is C14H16N2O3. The zero-order chi connectivity index (χ0) is 14.0. The third-order valence-corrected chi connectivity index (χ3v) is 3.24. The molecule has 3 amide bonds. The molecule has 1 unspecified atom stereocenters. The smallest absolute Gasteiger partial charge is 0.249 e. The number of anilines is 1. The molecule has 1 aromatic carbocycles. The van der Waals surface area contributed by atoms with E-state index in [0.717, 1.165) is 5.56 Å². The molecule has 100 valence electrons. The van der Waals surface area contributed by atoms with E-state index in [-0.39, 0.29) is 18.2 Å². The van der Waals surface area contributed by atoms with Crippen LogP contribution in [-0.4, -0.2) is 23.8 Å². The fourth-order valence-corrected chi connectivity index (χ4v) is 2.32. The molecule has 0 spiro atoms. The van der Waals surface area contributed by atoms with Gasteiger partial charge in [-0.1, -0.05) is 18.2 Å². The summed E-state index contributed by atoms with van der Waals surface area (Å²) >= 11 is 0. The number of para-hydroxylation sites is 1. The van der Waals surface area contributed by atoms with E-state index in [1.165, 1.54) is 11.8 Å². The van der Waals surface area contributed by atoms with Crippen LogP contribution >= 0.6 is 0 Å². The Morgan fingerprint density at radius 1 is 1.32 bits per heavy atom. The summed E-state index contributed by atoms with van der Waals surface area (Å²) in [4.78, 5) is 36.4. The standard InChI is InChI=1S/C14H16N2O3/c1-9-5-3-4-6-11(9)16(10(2)17)12-7-8-13(18)15-14(12)19/h3-6,12H,7-8H2,1-2H3,(H,15,18,19). The van der Waals surface area contributed by atoms with Crippen molar-refractivity contribution in [2.24, 2.45) is 0 Å². The van der Waals surface area contributed by atoms with Crippen molar-refractivity contribution in [3.63, 3.8) is 0 Å². The maximum absolute atomic E-state index is 11.9. The van der Waals surface area contributed by atoms with Gasteiger partial charge in [0.2, 0.25) is 17.7 Å². The van der Waals surface area contributed by atoms with Crippen LogP contribution in [0.1, 0.15) is 25.3 Å². The van der Waals surface area contributed by atoms with E-state index in [4.69, 9.17) is 0 Å². The Morgan fingerprint density at radius 3 is 2.58 bits per heavy atom. The maximum atomic E-state index is 11.9. The van der Waals surface area contributed by atoms with Crippen molar-refractivity contribution in [1.82, 2.24) is 5.32 Å². The minimum atomic E-state index is -0.615. The van der Waals surface area contributed by atoms with E-state index < -0.39 is 11.9 Å². The van der Waals surface area contributed by atoms with Gasteiger partial charge in [0.05, 0.1) is 0 Å². The molecule has 1 fully saturated rings. The lowest BCUT2D eigenvalue weighted by molar-refractivity contribution is -0.135. The Hall–Kier alpha value is -2.17. The number of imide groups is 1. The highest BCUT2D eigenvalue weighted by atomic mass is 16.2. The van der Waals surface area contributed by atoms with Crippen molar-refractivity contribution in [2.45, 2.75) is 32.7 Å². The molecule has 1 atom stereocenters. The lowest BCUT2D eigenvalue weighted by atomic mass is 10.0. The summed E-state index contributed by atoms with van der Waals surface area (Å²) in [5.41, 5.74) is 1.63. The van der Waals surface area contributed by atoms with Crippen LogP contribution < -0.4 is 10.2 Å². The summed E-state index contributed by atoms with van der Waals surface area (Å²) in [5.74, 6) is -0.895. The van der Waals surface area contributed by atoms with Gasteiger partial charge in [-0.25, -0.2) is 0 Å². The summed E-state index contributed by atoms with van der Waals surface area (Å²) < 4.78 is 0. The highest BCUT2D eigenvalue weighted by Crippen LogP contribution is 2.25. The largest absolute Gasteiger partial charge is 0.300 e. The van der Waals surface area contributed by atoms with E-state index in [9.17, 15) is 14.4 Å². The second-order valence-electron chi connectivity index (χ2n) is 4.64. The van der Waals surface area contributed by atoms with Gasteiger partial charge in [0.25, 0.3) is 0 Å². The van der Waals surface area contributed by atoms with Crippen molar-refractivity contribution in [1.29, 1.82) is 0 Å². The molecule has 1 N–H and O–H groups in total. The summed E-state index contributed by atoms with van der Waals surface area (Å²) in [6.45, 7) is 3.31. The monoisotopic (exact) mass is 260 g/mol. The summed E-state index contributed by atoms with van der Waals surface area (Å²) in [6.07, 6.45) is 0.616. The average molecular weight is 260 g/mol. The molecule has 0 aromatic heterocycles. The third-order valence-electron chi connectivity index (χ3n) is 3.24. The predicted octanol–water partition coefficient (Wildman–Crippen LogP) is 1.15. The predicted molar refractivity (Wildman–Crippen MR) is 70.5 cm³/mol. The number of hydrogen-bond acceptors (Lipinski definition) is 3. The van der Waals surface area contributed by atoms with E-state index in [2.05, 4.69) is 5.32 Å². The van der Waals surface area contributed by atoms with Crippen LogP contribution in [0.15, 0.2) is 24.3 Å². The number of aryl methyl sites for hydroxylation is 1. The van der Waals surface area contributed by atoms with Gasteiger partial charge in [0.15, 0.2) is 0 Å². The molecular weight excluding hydrogens is 244 g/mol. The molecule has 5 nitrogen and oxygen atoms in total. The molecule has 19 heavy (non-hydrogen) atoms. The van der Waals surface area contributed by atoms with Gasteiger partial charge in [-0.05, 0) is 25.0 Å². The summed E-state index contributed by atoms with van der Waals surface area (Å²) in [7, 11) is 0. The molecule has 1 aromatic rings. The molecule has 2 rings (SSSR count). The normalized spacial score (nSPS) is 18.9. The molecule has 0 saturated carbocycles. The molecule has 5 heteroatoms. The highest BCUT2D eigenvalue weighted by molar-refractivity contribution is 6.06. The molecule has 1 heterocycles. The number of hydrogen-bond donors (Lipinski definition) is 1. The molecule has 1 aliphatic rings. The molecule has 1 saturated heterocycles. The SMILES string of the molecule is CC(=O)N(c1ccccc1C)C1CCC(=O)NC1=O. The second kappa shape index (κ2) is 5.22. The van der Waals surface area contributed by atoms with E-state index in [1.807, 2.05) is 25.1 Å². The molecule has 0 aliphatic carbocycles. The quantitative estimate of drug-likeness (QED) is 0.811. The fourth-order valence-electron chi connectivity index (χ4n) is 2.32. The minimum absolute atomic E-state index is 0.205. The Kier molecular flexibility index (Phi) is 3.64. The minimum Gasteiger partial charge on any atom is -0.300 e. The lowest BCUT2D eigenvalue weighted by Gasteiger charge is -2.33. The number of amides is 3. The Morgan fingerprint density at radius 2 is 2.00 bits per heavy atom. The van der Waals surface area contributed by atoms with Gasteiger partial charge >= 0.3 is 0 Å². The van der Waals surface area contributed by atoms with Gasteiger partial charge < -0.3 is 0 Å². The van der Waals surface area contributed by atoms with E-state index >= 15 is 0 Å². The van der Waals surface area contributed by atoms with Crippen molar-refractivity contribution >= 4 is 23.4 Å². The van der Waals surface area contributed by atoms with Crippen LogP contribution in [0, 0.1) is 6.92 Å². The van der Waals surface area contributed by atoms with Crippen molar-refractivity contribution in [3.8, 4) is 0 Å². The zero-order valence-electron chi connectivity index (χ0n) is 11.0. The number of piperidine rings is 1. The van der Waals surface area contributed by atoms with Crippen LogP contribution in [0.2, 0.25) is 0 Å². The topological polar surface area (TPSA) is 66.5 Å². The van der Waals surface area contributed by atoms with Crippen LogP contribution in [0.25, 0.3) is 0 Å². The number of carbonyl (C=O) groups is 3. The summed E-state index contributed by atoms with van der Waals surface area (Å²) in [6, 6.07) is 6.78. The molecule has 0 radical (unpaired) electrons. The van der Waals surface area contributed by atoms with Gasteiger partial charge in [-0.15, -0.1) is 0 Å². The van der Waals surface area contributed by atoms with Gasteiger partial charge in [-0.2, -0.15) is 0 Å². The lowest BCUT2D eigenvalue weighted by Crippen LogP contribution is -2.54. The first-order chi connectivity index (χ1) is 9.00. The van der Waals surface area contributed by atoms with E-state index in [1.54, 1.807) is 6.07 Å². The van der Waals surface area contributed by atoms with Gasteiger partial charge in [0, 0.05) is 19.0 Å². The van der Waals surface area contributed by atoms with E-state index in [0.29, 0.717) is 12.1 Å². The van der Waals surface area contributed by atoms with Crippen molar-refractivity contribution < 1.29 is 14.4 Å². The van der Waals surface area contributed by atoms with Crippen molar-refractivity contribution in [2.75, 3.05) is 4.90 Å². The second-order valence-corrected chi connectivity index (χ2v) is 4.64. The first-order valence-corrected chi connectivity index (χ1v) is 6.20. The first-order valence-electron chi connectivity index (χ1n) is 6.20. The average Bonchev–Trinajstić information content (AvgIpc) is 2.34. The third kappa shape index (κ3) is 2.65. The Labute approximate surface area is 111 Å².